The molecule has 1 aliphatic heterocycles. The molecule has 98 valence electrons. The fourth-order valence-corrected chi connectivity index (χ4v) is 3.46. The third-order valence-electron chi connectivity index (χ3n) is 2.65. The van der Waals surface area contributed by atoms with Gasteiger partial charge in [-0.1, -0.05) is 6.08 Å². The van der Waals surface area contributed by atoms with Gasteiger partial charge in [-0.25, -0.2) is 0 Å². The maximum atomic E-state index is 3.95. The molecule has 1 aliphatic rings. The van der Waals surface area contributed by atoms with E-state index in [4.69, 9.17) is 0 Å². The molecule has 17 heavy (non-hydrogen) atoms. The molecule has 0 aliphatic carbocycles. The van der Waals surface area contributed by atoms with Crippen molar-refractivity contribution in [3.63, 3.8) is 0 Å². The summed E-state index contributed by atoms with van der Waals surface area (Å²) in [5, 5.41) is 5.50. The van der Waals surface area contributed by atoms with E-state index < -0.39 is 0 Å². The van der Waals surface area contributed by atoms with Crippen LogP contribution in [0.15, 0.2) is 28.6 Å². The quantitative estimate of drug-likeness (QED) is 0.831. The number of nitrogens with zero attached hydrogens (tertiary/aromatic N) is 1. The largest absolute Gasteiger partial charge is 0.314 e. The molecule has 1 saturated heterocycles. The van der Waals surface area contributed by atoms with Gasteiger partial charge in [-0.3, -0.25) is 4.90 Å². The lowest BCUT2D eigenvalue weighted by Crippen LogP contribution is -2.44. The van der Waals surface area contributed by atoms with E-state index >= 15 is 0 Å². The van der Waals surface area contributed by atoms with Crippen LogP contribution in [0.1, 0.15) is 10.9 Å². The average molecular weight is 360 g/mol. The second kappa shape index (κ2) is 8.51. The van der Waals surface area contributed by atoms with Gasteiger partial charge in [0, 0.05) is 40.9 Å². The summed E-state index contributed by atoms with van der Waals surface area (Å²) in [5.74, 6) is 0. The molecule has 0 unspecified atom stereocenters. The second-order valence-corrected chi connectivity index (χ2v) is 5.49. The Morgan fingerprint density at radius 3 is 2.53 bits per heavy atom. The summed E-state index contributed by atoms with van der Waals surface area (Å²) in [4.78, 5) is 3.85. The SMILES string of the molecule is C=C[C@H](c1cc(Br)cs1)N1CCNCC1.Cl.Cl. The molecule has 0 spiro atoms. The Hall–Kier alpha value is 0.420. The zero-order chi connectivity index (χ0) is 10.7. The molecule has 0 amide bonds. The first kappa shape index (κ1) is 17.4. The van der Waals surface area contributed by atoms with Crippen molar-refractivity contribution in [3.8, 4) is 0 Å². The van der Waals surface area contributed by atoms with Crippen LogP contribution in [0.4, 0.5) is 0 Å². The predicted octanol–water partition coefficient (Wildman–Crippen LogP) is 3.49. The van der Waals surface area contributed by atoms with Gasteiger partial charge in [-0.2, -0.15) is 0 Å². The first-order valence-electron chi connectivity index (χ1n) is 5.12. The van der Waals surface area contributed by atoms with E-state index in [9.17, 15) is 0 Å². The maximum Gasteiger partial charge on any atom is 0.0624 e. The number of piperazine rings is 1. The summed E-state index contributed by atoms with van der Waals surface area (Å²) in [6.07, 6.45) is 2.05. The van der Waals surface area contributed by atoms with Crippen molar-refractivity contribution in [2.45, 2.75) is 6.04 Å². The summed E-state index contributed by atoms with van der Waals surface area (Å²) in [7, 11) is 0. The molecule has 6 heteroatoms. The molecule has 1 aromatic heterocycles. The van der Waals surface area contributed by atoms with Crippen molar-refractivity contribution in [2.75, 3.05) is 26.2 Å². The van der Waals surface area contributed by atoms with E-state index in [2.05, 4.69) is 44.2 Å². The molecule has 2 rings (SSSR count). The Morgan fingerprint density at radius 1 is 1.41 bits per heavy atom. The van der Waals surface area contributed by atoms with Crippen LogP contribution < -0.4 is 5.32 Å². The Balaban J connectivity index is 0.00000128. The first-order valence-corrected chi connectivity index (χ1v) is 6.80. The van der Waals surface area contributed by atoms with Gasteiger partial charge in [0.25, 0.3) is 0 Å². The van der Waals surface area contributed by atoms with Crippen LogP contribution in [0, 0.1) is 0 Å². The maximum absolute atomic E-state index is 3.95. The van der Waals surface area contributed by atoms with E-state index in [0.717, 1.165) is 26.2 Å². The highest BCUT2D eigenvalue weighted by atomic mass is 79.9. The summed E-state index contributed by atoms with van der Waals surface area (Å²) in [5.41, 5.74) is 0. The first-order chi connectivity index (χ1) is 7.31. The Labute approximate surface area is 127 Å². The van der Waals surface area contributed by atoms with Crippen LogP contribution in [0.5, 0.6) is 0 Å². The highest BCUT2D eigenvalue weighted by molar-refractivity contribution is 9.10. The number of thiophene rings is 1. The van der Waals surface area contributed by atoms with E-state index in [1.807, 2.05) is 6.08 Å². The fraction of sp³-hybridized carbons (Fsp3) is 0.455. The zero-order valence-electron chi connectivity index (χ0n) is 9.39. The minimum absolute atomic E-state index is 0. The van der Waals surface area contributed by atoms with Crippen molar-refractivity contribution in [1.82, 2.24) is 10.2 Å². The van der Waals surface area contributed by atoms with Gasteiger partial charge in [-0.05, 0) is 22.0 Å². The molecule has 0 radical (unpaired) electrons. The van der Waals surface area contributed by atoms with Gasteiger partial charge >= 0.3 is 0 Å². The molecule has 0 aromatic carbocycles. The number of hydrogen-bond donors (Lipinski definition) is 1. The Kier molecular flexibility index (Phi) is 8.72. The normalized spacial score (nSPS) is 17.7. The molecule has 1 atom stereocenters. The van der Waals surface area contributed by atoms with E-state index in [-0.39, 0.29) is 24.8 Å². The van der Waals surface area contributed by atoms with Gasteiger partial charge in [0.05, 0.1) is 6.04 Å². The van der Waals surface area contributed by atoms with Crippen LogP contribution in [-0.2, 0) is 0 Å². The monoisotopic (exact) mass is 358 g/mol. The molecule has 1 aromatic rings. The molecule has 2 nitrogen and oxygen atoms in total. The molecule has 2 heterocycles. The standard InChI is InChI=1S/C11H15BrN2S.2ClH/c1-2-10(11-7-9(12)8-15-11)14-5-3-13-4-6-14;;/h2,7-8,10,13H,1,3-6H2;2*1H/t10-;;/m1../s1. The third kappa shape index (κ3) is 4.54. The van der Waals surface area contributed by atoms with Crippen molar-refractivity contribution in [1.29, 1.82) is 0 Å². The Morgan fingerprint density at radius 2 is 2.06 bits per heavy atom. The minimum Gasteiger partial charge on any atom is -0.314 e. The van der Waals surface area contributed by atoms with Gasteiger partial charge in [0.1, 0.15) is 0 Å². The molecule has 1 N–H and O–H groups in total. The van der Waals surface area contributed by atoms with E-state index in [0.29, 0.717) is 6.04 Å². The highest BCUT2D eigenvalue weighted by Gasteiger charge is 2.20. The van der Waals surface area contributed by atoms with Crippen LogP contribution in [-0.4, -0.2) is 31.1 Å². The molecule has 1 fully saturated rings. The van der Waals surface area contributed by atoms with Crippen molar-refractivity contribution in [3.05, 3.63) is 33.5 Å². The summed E-state index contributed by atoms with van der Waals surface area (Å²) in [6, 6.07) is 2.57. The molecular weight excluding hydrogens is 343 g/mol. The van der Waals surface area contributed by atoms with E-state index in [1.165, 1.54) is 9.35 Å². The van der Waals surface area contributed by atoms with Gasteiger partial charge in [0.15, 0.2) is 0 Å². The average Bonchev–Trinajstić information content (AvgIpc) is 2.68. The fourth-order valence-electron chi connectivity index (χ4n) is 1.89. The lowest BCUT2D eigenvalue weighted by Gasteiger charge is -2.32. The van der Waals surface area contributed by atoms with Gasteiger partial charge < -0.3 is 5.32 Å². The smallest absolute Gasteiger partial charge is 0.0624 e. The number of halogens is 3. The van der Waals surface area contributed by atoms with Crippen LogP contribution in [0.2, 0.25) is 0 Å². The van der Waals surface area contributed by atoms with Gasteiger partial charge in [0.2, 0.25) is 0 Å². The van der Waals surface area contributed by atoms with Gasteiger partial charge in [-0.15, -0.1) is 42.7 Å². The van der Waals surface area contributed by atoms with E-state index in [1.54, 1.807) is 11.3 Å². The van der Waals surface area contributed by atoms with Crippen LogP contribution in [0.25, 0.3) is 0 Å². The summed E-state index contributed by atoms with van der Waals surface area (Å²) in [6.45, 7) is 8.32. The molecule has 0 saturated carbocycles. The zero-order valence-corrected chi connectivity index (χ0v) is 13.4. The third-order valence-corrected chi connectivity index (χ3v) is 4.41. The van der Waals surface area contributed by atoms with Crippen molar-refractivity contribution >= 4 is 52.1 Å². The highest BCUT2D eigenvalue weighted by Crippen LogP contribution is 2.30. The second-order valence-electron chi connectivity index (χ2n) is 3.63. The van der Waals surface area contributed by atoms with Crippen LogP contribution >= 0.6 is 52.1 Å². The molecule has 0 bridgehead atoms. The minimum atomic E-state index is 0. The van der Waals surface area contributed by atoms with Crippen molar-refractivity contribution < 1.29 is 0 Å². The summed E-state index contributed by atoms with van der Waals surface area (Å²) >= 11 is 5.29. The Bertz CT molecular complexity index is 340. The topological polar surface area (TPSA) is 15.3 Å². The lowest BCUT2D eigenvalue weighted by atomic mass is 10.2. The summed E-state index contributed by atoms with van der Waals surface area (Å²) < 4.78 is 1.17. The predicted molar refractivity (Wildman–Crippen MR) is 83.9 cm³/mol. The molecular formula is C11H17BrCl2N2S. The lowest BCUT2D eigenvalue weighted by molar-refractivity contribution is 0.206. The van der Waals surface area contributed by atoms with Crippen LogP contribution in [0.3, 0.4) is 0 Å². The van der Waals surface area contributed by atoms with Crippen molar-refractivity contribution in [2.24, 2.45) is 0 Å². The number of nitrogens with one attached hydrogen (secondary N) is 1. The number of rotatable bonds is 3. The number of hydrogen-bond acceptors (Lipinski definition) is 3.